The molecule has 1 fully saturated rings. The van der Waals surface area contributed by atoms with Gasteiger partial charge in [0.15, 0.2) is 0 Å². The summed E-state index contributed by atoms with van der Waals surface area (Å²) in [7, 11) is 0. The van der Waals surface area contributed by atoms with Gasteiger partial charge >= 0.3 is 0 Å². The van der Waals surface area contributed by atoms with Crippen LogP contribution in [0.5, 0.6) is 5.75 Å². The lowest BCUT2D eigenvalue weighted by molar-refractivity contribution is -0.163. The summed E-state index contributed by atoms with van der Waals surface area (Å²) >= 11 is 0. The first kappa shape index (κ1) is 11.4. The highest BCUT2D eigenvalue weighted by molar-refractivity contribution is 5.95. The van der Waals surface area contributed by atoms with Crippen LogP contribution in [0.3, 0.4) is 0 Å². The lowest BCUT2D eigenvalue weighted by Crippen LogP contribution is -2.67. The van der Waals surface area contributed by atoms with E-state index in [1.165, 1.54) is 4.90 Å². The van der Waals surface area contributed by atoms with E-state index in [2.05, 4.69) is 6.58 Å². The minimum absolute atomic E-state index is 0.175. The molecule has 1 amide bonds. The Balaban J connectivity index is 2.05. The van der Waals surface area contributed by atoms with E-state index in [0.29, 0.717) is 12.3 Å². The van der Waals surface area contributed by atoms with Gasteiger partial charge in [0.2, 0.25) is 6.10 Å². The molecule has 2 atom stereocenters. The highest BCUT2D eigenvalue weighted by atomic mass is 16.5. The molecule has 4 heteroatoms. The van der Waals surface area contributed by atoms with Gasteiger partial charge in [0.05, 0.1) is 0 Å². The average molecular weight is 231 g/mol. The Morgan fingerprint density at radius 2 is 2.06 bits per heavy atom. The van der Waals surface area contributed by atoms with Crippen LogP contribution in [0, 0.1) is 0 Å². The lowest BCUT2D eigenvalue weighted by atomic mass is 9.99. The van der Waals surface area contributed by atoms with E-state index in [1.807, 2.05) is 18.2 Å². The zero-order chi connectivity index (χ0) is 12.3. The molecule has 88 valence electrons. The normalized spacial score (nSPS) is 22.8. The summed E-state index contributed by atoms with van der Waals surface area (Å²) in [6.07, 6.45) is 1.63. The van der Waals surface area contributed by atoms with Crippen molar-refractivity contribution in [2.24, 2.45) is 0 Å². The van der Waals surface area contributed by atoms with Gasteiger partial charge in [0.1, 0.15) is 18.1 Å². The fourth-order valence-electron chi connectivity index (χ4n) is 1.80. The molecule has 0 aliphatic carbocycles. The molecule has 0 bridgehead atoms. The third-order valence-electron chi connectivity index (χ3n) is 2.67. The number of hydrogen-bond donors (Lipinski definition) is 0. The summed E-state index contributed by atoms with van der Waals surface area (Å²) in [6.45, 7) is 3.92. The van der Waals surface area contributed by atoms with E-state index in [1.54, 1.807) is 18.2 Å². The zero-order valence-electron chi connectivity index (χ0n) is 9.28. The Kier molecular flexibility index (Phi) is 3.23. The molecule has 1 saturated heterocycles. The number of rotatable bonds is 5. The molecule has 17 heavy (non-hydrogen) atoms. The van der Waals surface area contributed by atoms with Crippen molar-refractivity contribution in [2.45, 2.75) is 12.1 Å². The minimum Gasteiger partial charge on any atom is -0.478 e. The van der Waals surface area contributed by atoms with Crippen LogP contribution in [0.15, 0.2) is 43.0 Å². The Morgan fingerprint density at radius 3 is 2.65 bits per heavy atom. The van der Waals surface area contributed by atoms with Crippen molar-refractivity contribution in [2.75, 3.05) is 6.54 Å². The second kappa shape index (κ2) is 4.82. The highest BCUT2D eigenvalue weighted by Gasteiger charge is 2.48. The number of benzene rings is 1. The zero-order valence-corrected chi connectivity index (χ0v) is 9.28. The van der Waals surface area contributed by atoms with E-state index in [4.69, 9.17) is 4.74 Å². The number of carbonyl (C=O) groups excluding carboxylic acids is 2. The van der Waals surface area contributed by atoms with Crippen LogP contribution in [-0.4, -0.2) is 35.8 Å². The summed E-state index contributed by atoms with van der Waals surface area (Å²) in [4.78, 5) is 24.1. The molecule has 0 radical (unpaired) electrons. The van der Waals surface area contributed by atoms with E-state index < -0.39 is 12.1 Å². The van der Waals surface area contributed by atoms with Crippen molar-refractivity contribution in [3.8, 4) is 5.75 Å². The average Bonchev–Trinajstić information content (AvgIpc) is 2.38. The third kappa shape index (κ3) is 2.06. The van der Waals surface area contributed by atoms with Crippen LogP contribution in [0.25, 0.3) is 0 Å². The predicted molar refractivity (Wildman–Crippen MR) is 62.6 cm³/mol. The first-order valence-corrected chi connectivity index (χ1v) is 5.36. The lowest BCUT2D eigenvalue weighted by Gasteiger charge is -2.42. The molecular formula is C13H13NO3. The summed E-state index contributed by atoms with van der Waals surface area (Å²) in [5.74, 6) is 0.418. The third-order valence-corrected chi connectivity index (χ3v) is 2.67. The molecule has 1 aromatic carbocycles. The van der Waals surface area contributed by atoms with Gasteiger partial charge < -0.3 is 14.4 Å². The van der Waals surface area contributed by atoms with Gasteiger partial charge in [-0.2, -0.15) is 0 Å². The summed E-state index contributed by atoms with van der Waals surface area (Å²) < 4.78 is 5.49. The van der Waals surface area contributed by atoms with Gasteiger partial charge in [0.25, 0.3) is 5.91 Å². The monoisotopic (exact) mass is 231 g/mol. The van der Waals surface area contributed by atoms with Gasteiger partial charge in [-0.25, -0.2) is 0 Å². The first-order valence-electron chi connectivity index (χ1n) is 5.36. The van der Waals surface area contributed by atoms with Gasteiger partial charge in [-0.15, -0.1) is 6.58 Å². The van der Waals surface area contributed by atoms with Crippen molar-refractivity contribution in [3.05, 3.63) is 43.0 Å². The number of amides is 1. The van der Waals surface area contributed by atoms with Crippen LogP contribution in [0.4, 0.5) is 0 Å². The predicted octanol–water partition coefficient (Wildman–Crippen LogP) is 1.03. The largest absolute Gasteiger partial charge is 0.478 e. The second-order valence-electron chi connectivity index (χ2n) is 3.76. The summed E-state index contributed by atoms with van der Waals surface area (Å²) in [6, 6.07) is 8.49. The Labute approximate surface area is 99.5 Å². The topological polar surface area (TPSA) is 46.6 Å². The van der Waals surface area contributed by atoms with Gasteiger partial charge in [-0.3, -0.25) is 4.79 Å². The Bertz CT molecular complexity index is 430. The number of nitrogens with zero attached hydrogens (tertiary/aromatic N) is 1. The van der Waals surface area contributed by atoms with Crippen LogP contribution in [-0.2, 0) is 9.59 Å². The molecule has 0 saturated carbocycles. The van der Waals surface area contributed by atoms with Gasteiger partial charge in [0, 0.05) is 6.54 Å². The second-order valence-corrected chi connectivity index (χ2v) is 3.76. The van der Waals surface area contributed by atoms with Crippen LogP contribution in [0.1, 0.15) is 0 Å². The first-order chi connectivity index (χ1) is 8.27. The number of likely N-dealkylation sites (tertiary alicyclic amines) is 1. The van der Waals surface area contributed by atoms with Gasteiger partial charge in [-0.1, -0.05) is 24.3 Å². The molecule has 1 aliphatic heterocycles. The van der Waals surface area contributed by atoms with Crippen LogP contribution in [0.2, 0.25) is 0 Å². The van der Waals surface area contributed by atoms with E-state index in [0.717, 1.165) is 6.29 Å². The SMILES string of the molecule is C=CCN1C(=O)[C@H](Oc2ccccc2)[C@H]1C=O. The minimum atomic E-state index is -0.699. The molecule has 2 rings (SSSR count). The van der Waals surface area contributed by atoms with Crippen molar-refractivity contribution in [1.29, 1.82) is 0 Å². The Morgan fingerprint density at radius 1 is 1.35 bits per heavy atom. The van der Waals surface area contributed by atoms with Crippen molar-refractivity contribution in [3.63, 3.8) is 0 Å². The molecule has 0 N–H and O–H groups in total. The van der Waals surface area contributed by atoms with Crippen LogP contribution >= 0.6 is 0 Å². The number of hydrogen-bond acceptors (Lipinski definition) is 3. The smallest absolute Gasteiger partial charge is 0.267 e. The summed E-state index contributed by atoms with van der Waals surface area (Å²) in [5.41, 5.74) is 0. The maximum atomic E-state index is 11.7. The molecular weight excluding hydrogens is 218 g/mol. The fraction of sp³-hybridized carbons (Fsp3) is 0.231. The molecule has 0 aromatic heterocycles. The number of aldehydes is 1. The molecule has 4 nitrogen and oxygen atoms in total. The van der Waals surface area contributed by atoms with Crippen molar-refractivity contribution in [1.82, 2.24) is 4.90 Å². The fourth-order valence-corrected chi connectivity index (χ4v) is 1.80. The van der Waals surface area contributed by atoms with E-state index >= 15 is 0 Å². The standard InChI is InChI=1S/C13H13NO3/c1-2-8-14-11(9-15)12(13(14)16)17-10-6-4-3-5-7-10/h2-7,9,11-12H,1,8H2/t11-,12-/m1/s1. The van der Waals surface area contributed by atoms with Crippen molar-refractivity contribution >= 4 is 12.2 Å². The summed E-state index contributed by atoms with van der Waals surface area (Å²) in [5, 5.41) is 0. The van der Waals surface area contributed by atoms with E-state index in [9.17, 15) is 9.59 Å². The van der Waals surface area contributed by atoms with E-state index in [-0.39, 0.29) is 5.91 Å². The number of β-lactam (4-membered cyclic amide) rings is 1. The van der Waals surface area contributed by atoms with Crippen LogP contribution < -0.4 is 4.74 Å². The number of para-hydroxylation sites is 1. The molecule has 1 aromatic rings. The molecule has 1 heterocycles. The molecule has 1 aliphatic rings. The number of carbonyl (C=O) groups is 2. The van der Waals surface area contributed by atoms with Gasteiger partial charge in [-0.05, 0) is 12.1 Å². The van der Waals surface area contributed by atoms with Crippen molar-refractivity contribution < 1.29 is 14.3 Å². The highest BCUT2D eigenvalue weighted by Crippen LogP contribution is 2.24. The molecule has 0 spiro atoms. The maximum absolute atomic E-state index is 11.7. The number of ether oxygens (including phenoxy) is 1. The maximum Gasteiger partial charge on any atom is 0.267 e. The molecule has 0 unspecified atom stereocenters. The quantitative estimate of drug-likeness (QED) is 0.432. The Hall–Kier alpha value is -2.10.